The second kappa shape index (κ2) is 10.8. The summed E-state index contributed by atoms with van der Waals surface area (Å²) in [5, 5.41) is 0.486. The quantitative estimate of drug-likeness (QED) is 0.314. The number of benzene rings is 3. The molecular formula is C32H33ClFN. The molecule has 3 aromatic carbocycles. The molecule has 35 heavy (non-hydrogen) atoms. The summed E-state index contributed by atoms with van der Waals surface area (Å²) in [6, 6.07) is 22.6. The number of nitrogens with zero attached hydrogens (tertiary/aromatic N) is 1. The molecule has 0 amide bonds. The van der Waals surface area contributed by atoms with Gasteiger partial charge in [-0.3, -0.25) is 0 Å². The summed E-state index contributed by atoms with van der Waals surface area (Å²) in [4.78, 5) is 2.49. The van der Waals surface area contributed by atoms with E-state index in [4.69, 9.17) is 11.6 Å². The molecule has 0 radical (unpaired) electrons. The third kappa shape index (κ3) is 5.23. The van der Waals surface area contributed by atoms with E-state index in [1.165, 1.54) is 71.3 Å². The fraction of sp³-hybridized carbons (Fsp3) is 0.312. The van der Waals surface area contributed by atoms with Crippen molar-refractivity contribution in [1.82, 2.24) is 0 Å². The number of hydrogen-bond donors (Lipinski definition) is 0. The molecule has 0 spiro atoms. The van der Waals surface area contributed by atoms with Crippen LogP contribution in [-0.4, -0.2) is 13.1 Å². The maximum Gasteiger partial charge on any atom is 0.124 e. The minimum absolute atomic E-state index is 0.296. The van der Waals surface area contributed by atoms with Crippen LogP contribution >= 0.6 is 11.6 Å². The number of rotatable bonds is 6. The van der Waals surface area contributed by atoms with Crippen LogP contribution in [0.25, 0.3) is 17.2 Å². The average Bonchev–Trinajstić information content (AvgIpc) is 2.85. The molecule has 0 N–H and O–H groups in total. The van der Waals surface area contributed by atoms with Crippen LogP contribution in [0.1, 0.15) is 67.7 Å². The molecule has 0 unspecified atom stereocenters. The fourth-order valence-corrected chi connectivity index (χ4v) is 5.65. The number of piperidine rings is 1. The normalized spacial score (nSPS) is 17.4. The van der Waals surface area contributed by atoms with Crippen LogP contribution in [0.2, 0.25) is 5.02 Å². The van der Waals surface area contributed by atoms with Gasteiger partial charge >= 0.3 is 0 Å². The molecule has 1 heterocycles. The highest BCUT2D eigenvalue weighted by Crippen LogP contribution is 2.47. The second-order valence-corrected chi connectivity index (χ2v) is 10.2. The van der Waals surface area contributed by atoms with Crippen LogP contribution < -0.4 is 4.90 Å². The highest BCUT2D eigenvalue weighted by Gasteiger charge is 2.28. The van der Waals surface area contributed by atoms with Gasteiger partial charge in [0.15, 0.2) is 0 Å². The Morgan fingerprint density at radius 3 is 2.09 bits per heavy atom. The van der Waals surface area contributed by atoms with Crippen molar-refractivity contribution in [3.05, 3.63) is 106 Å². The zero-order valence-corrected chi connectivity index (χ0v) is 21.2. The van der Waals surface area contributed by atoms with Gasteiger partial charge in [-0.1, -0.05) is 72.6 Å². The van der Waals surface area contributed by atoms with Crippen LogP contribution in [0.15, 0.2) is 72.8 Å². The van der Waals surface area contributed by atoms with E-state index in [1.807, 2.05) is 13.0 Å². The van der Waals surface area contributed by atoms with Crippen molar-refractivity contribution in [2.75, 3.05) is 18.0 Å². The predicted molar refractivity (Wildman–Crippen MR) is 148 cm³/mol. The summed E-state index contributed by atoms with van der Waals surface area (Å²) >= 11 is 6.67. The topological polar surface area (TPSA) is 3.24 Å². The van der Waals surface area contributed by atoms with Crippen LogP contribution in [0, 0.1) is 11.7 Å². The van der Waals surface area contributed by atoms with Gasteiger partial charge in [-0.25, -0.2) is 4.39 Å². The van der Waals surface area contributed by atoms with E-state index in [2.05, 4.69) is 65.6 Å². The largest absolute Gasteiger partial charge is 0.372 e. The predicted octanol–water partition coefficient (Wildman–Crippen LogP) is 9.26. The molecule has 180 valence electrons. The Morgan fingerprint density at radius 1 is 0.857 bits per heavy atom. The lowest BCUT2D eigenvalue weighted by Gasteiger charge is -2.32. The summed E-state index contributed by atoms with van der Waals surface area (Å²) in [5.41, 5.74) is 8.23. The number of halogens is 2. The summed E-state index contributed by atoms with van der Waals surface area (Å²) in [6.45, 7) is 4.30. The maximum atomic E-state index is 14.0. The molecule has 2 fully saturated rings. The van der Waals surface area contributed by atoms with Crippen molar-refractivity contribution < 1.29 is 4.39 Å². The zero-order valence-electron chi connectivity index (χ0n) is 20.4. The van der Waals surface area contributed by atoms with E-state index in [9.17, 15) is 4.39 Å². The summed E-state index contributed by atoms with van der Waals surface area (Å²) in [7, 11) is 0. The molecule has 3 aromatic rings. The van der Waals surface area contributed by atoms with Gasteiger partial charge in [0, 0.05) is 18.8 Å². The van der Waals surface area contributed by atoms with Gasteiger partial charge in [-0.05, 0) is 103 Å². The Kier molecular flexibility index (Phi) is 7.39. The standard InChI is InChI=1S/C32H33ClFN/c1-2-7-23-10-12-25(13-11-23)31(26-14-17-28(18-15-26)35-20-4-3-5-21-35)32(24-8-6-9-24)29-19-16-27(34)22-30(29)33/h2,7,10-19,22,24H,3-6,8-9,20-21H2,1H3/b7-2+,32-31+. The molecule has 5 rings (SSSR count). The van der Waals surface area contributed by atoms with Gasteiger partial charge in [0.1, 0.15) is 5.82 Å². The zero-order chi connectivity index (χ0) is 24.2. The van der Waals surface area contributed by atoms with Crippen molar-refractivity contribution in [2.45, 2.75) is 45.4 Å². The highest BCUT2D eigenvalue weighted by molar-refractivity contribution is 6.32. The summed E-state index contributed by atoms with van der Waals surface area (Å²) < 4.78 is 14.0. The van der Waals surface area contributed by atoms with E-state index >= 15 is 0 Å². The minimum atomic E-state index is -0.296. The van der Waals surface area contributed by atoms with Gasteiger partial charge in [-0.2, -0.15) is 0 Å². The Balaban J connectivity index is 1.67. The van der Waals surface area contributed by atoms with Gasteiger partial charge in [0.25, 0.3) is 0 Å². The van der Waals surface area contributed by atoms with E-state index in [-0.39, 0.29) is 5.82 Å². The Labute approximate surface area is 213 Å². The Bertz CT molecular complexity index is 1210. The molecule has 1 aliphatic heterocycles. The molecule has 1 saturated heterocycles. The van der Waals surface area contributed by atoms with Crippen LogP contribution in [0.5, 0.6) is 0 Å². The molecule has 1 saturated carbocycles. The third-order valence-corrected chi connectivity index (χ3v) is 7.75. The number of anilines is 1. The molecule has 0 atom stereocenters. The van der Waals surface area contributed by atoms with Gasteiger partial charge in [0.05, 0.1) is 5.02 Å². The van der Waals surface area contributed by atoms with Crippen molar-refractivity contribution in [3.8, 4) is 0 Å². The lowest BCUT2D eigenvalue weighted by atomic mass is 9.73. The smallest absolute Gasteiger partial charge is 0.124 e. The van der Waals surface area contributed by atoms with Gasteiger partial charge in [-0.15, -0.1) is 0 Å². The average molecular weight is 486 g/mol. The lowest BCUT2D eigenvalue weighted by molar-refractivity contribution is 0.401. The third-order valence-electron chi connectivity index (χ3n) is 7.44. The van der Waals surface area contributed by atoms with E-state index in [0.29, 0.717) is 10.9 Å². The summed E-state index contributed by atoms with van der Waals surface area (Å²) in [5.74, 6) is 0.125. The lowest BCUT2D eigenvalue weighted by Crippen LogP contribution is -2.29. The number of hydrogen-bond acceptors (Lipinski definition) is 1. The molecule has 1 aliphatic carbocycles. The fourth-order valence-electron chi connectivity index (χ4n) is 5.39. The van der Waals surface area contributed by atoms with Gasteiger partial charge in [0.2, 0.25) is 0 Å². The highest BCUT2D eigenvalue weighted by atomic mass is 35.5. The minimum Gasteiger partial charge on any atom is -0.372 e. The van der Waals surface area contributed by atoms with Crippen LogP contribution in [0.3, 0.4) is 0 Å². The van der Waals surface area contributed by atoms with Crippen molar-refractivity contribution >= 4 is 34.5 Å². The molecule has 0 aromatic heterocycles. The number of allylic oxidation sites excluding steroid dienone is 2. The van der Waals surface area contributed by atoms with Crippen molar-refractivity contribution in [3.63, 3.8) is 0 Å². The molecule has 0 bridgehead atoms. The molecule has 2 aliphatic rings. The SMILES string of the molecule is C/C=C/c1ccc(/C(=C(\c2ccc(F)cc2Cl)C2CCC2)c2ccc(N3CCCCC3)cc2)cc1. The first kappa shape index (κ1) is 23.9. The monoisotopic (exact) mass is 485 g/mol. The molecule has 3 heteroatoms. The van der Waals surface area contributed by atoms with E-state index in [0.717, 1.165) is 31.5 Å². The van der Waals surface area contributed by atoms with Crippen molar-refractivity contribution in [1.29, 1.82) is 0 Å². The Hall–Kier alpha value is -2.84. The van der Waals surface area contributed by atoms with E-state index in [1.54, 1.807) is 0 Å². The molecule has 1 nitrogen and oxygen atoms in total. The van der Waals surface area contributed by atoms with E-state index < -0.39 is 0 Å². The molecular weight excluding hydrogens is 453 g/mol. The Morgan fingerprint density at radius 2 is 1.51 bits per heavy atom. The van der Waals surface area contributed by atoms with Crippen LogP contribution in [0.4, 0.5) is 10.1 Å². The maximum absolute atomic E-state index is 14.0. The van der Waals surface area contributed by atoms with Crippen molar-refractivity contribution in [2.24, 2.45) is 5.92 Å². The van der Waals surface area contributed by atoms with Gasteiger partial charge < -0.3 is 4.90 Å². The summed E-state index contributed by atoms with van der Waals surface area (Å²) in [6.07, 6.45) is 11.5. The first-order chi connectivity index (χ1) is 17.1. The van der Waals surface area contributed by atoms with Crippen LogP contribution in [-0.2, 0) is 0 Å². The second-order valence-electron chi connectivity index (χ2n) is 9.76. The first-order valence-corrected chi connectivity index (χ1v) is 13.3. The first-order valence-electron chi connectivity index (χ1n) is 12.9.